The maximum atomic E-state index is 12.9. The van der Waals surface area contributed by atoms with Crippen molar-refractivity contribution in [1.82, 2.24) is 4.90 Å². The molecule has 2 nitrogen and oxygen atoms in total. The molecule has 110 valence electrons. The highest BCUT2D eigenvalue weighted by atomic mass is 32.1. The van der Waals surface area contributed by atoms with E-state index < -0.39 is 0 Å². The van der Waals surface area contributed by atoms with Gasteiger partial charge in [0.05, 0.1) is 4.88 Å². The third-order valence-electron chi connectivity index (χ3n) is 4.10. The number of benzene rings is 1. The average Bonchev–Trinajstić information content (AvgIpc) is 2.95. The summed E-state index contributed by atoms with van der Waals surface area (Å²) in [4.78, 5) is 15.8. The molecule has 0 aliphatic carbocycles. The average molecular weight is 299 g/mol. The van der Waals surface area contributed by atoms with Crippen LogP contribution in [0.25, 0.3) is 11.1 Å². The van der Waals surface area contributed by atoms with E-state index >= 15 is 0 Å². The first kappa shape index (κ1) is 14.3. The zero-order valence-corrected chi connectivity index (χ0v) is 13.4. The van der Waals surface area contributed by atoms with Gasteiger partial charge in [-0.05, 0) is 35.3 Å². The summed E-state index contributed by atoms with van der Waals surface area (Å²) in [6, 6.07) is 12.2. The standard InChI is InChI=1S/C18H21NOS/c1-13-10-14(2)12-19(11-13)18(20)17-16(8-9-21-17)15-6-4-3-5-7-15/h3-9,13-14H,10-12H2,1-2H3/t13-,14+. The van der Waals surface area contributed by atoms with Crippen LogP contribution >= 0.6 is 11.3 Å². The number of nitrogens with zero attached hydrogens (tertiary/aromatic N) is 1. The lowest BCUT2D eigenvalue weighted by atomic mass is 9.91. The van der Waals surface area contributed by atoms with Crippen LogP contribution in [0.4, 0.5) is 0 Å². The van der Waals surface area contributed by atoms with Crippen molar-refractivity contribution >= 4 is 17.2 Å². The van der Waals surface area contributed by atoms with E-state index in [0.29, 0.717) is 11.8 Å². The molecule has 3 heteroatoms. The van der Waals surface area contributed by atoms with Crippen molar-refractivity contribution in [1.29, 1.82) is 0 Å². The number of thiophene rings is 1. The van der Waals surface area contributed by atoms with Gasteiger partial charge in [0.15, 0.2) is 0 Å². The van der Waals surface area contributed by atoms with Crippen LogP contribution in [0.1, 0.15) is 29.9 Å². The molecule has 1 fully saturated rings. The minimum atomic E-state index is 0.197. The van der Waals surface area contributed by atoms with Crippen molar-refractivity contribution in [3.63, 3.8) is 0 Å². The van der Waals surface area contributed by atoms with Gasteiger partial charge in [0.1, 0.15) is 0 Å². The Kier molecular flexibility index (Phi) is 4.11. The van der Waals surface area contributed by atoms with Gasteiger partial charge in [-0.1, -0.05) is 44.2 Å². The molecule has 0 unspecified atom stereocenters. The summed E-state index contributed by atoms with van der Waals surface area (Å²) in [6.07, 6.45) is 1.22. The fraction of sp³-hybridized carbons (Fsp3) is 0.389. The lowest BCUT2D eigenvalue weighted by molar-refractivity contribution is 0.0629. The molecule has 1 aromatic carbocycles. The number of piperidine rings is 1. The summed E-state index contributed by atoms with van der Waals surface area (Å²) in [5, 5.41) is 2.02. The normalized spacial score (nSPS) is 22.3. The summed E-state index contributed by atoms with van der Waals surface area (Å²) < 4.78 is 0. The van der Waals surface area contributed by atoms with Crippen molar-refractivity contribution in [3.8, 4) is 11.1 Å². The second kappa shape index (κ2) is 6.02. The van der Waals surface area contributed by atoms with Crippen LogP contribution in [0.3, 0.4) is 0 Å². The second-order valence-corrected chi connectivity index (χ2v) is 7.10. The minimum Gasteiger partial charge on any atom is -0.337 e. The molecule has 1 aromatic heterocycles. The van der Waals surface area contributed by atoms with Crippen molar-refractivity contribution in [3.05, 3.63) is 46.7 Å². The van der Waals surface area contributed by atoms with Crippen LogP contribution in [0.2, 0.25) is 0 Å². The van der Waals surface area contributed by atoms with E-state index in [-0.39, 0.29) is 5.91 Å². The summed E-state index contributed by atoms with van der Waals surface area (Å²) in [5.41, 5.74) is 2.19. The molecule has 3 rings (SSSR count). The fourth-order valence-corrected chi connectivity index (χ4v) is 4.18. The highest BCUT2D eigenvalue weighted by Crippen LogP contribution is 2.31. The molecule has 2 heterocycles. The van der Waals surface area contributed by atoms with E-state index in [9.17, 15) is 4.79 Å². The van der Waals surface area contributed by atoms with Crippen LogP contribution < -0.4 is 0 Å². The fourth-order valence-electron chi connectivity index (χ4n) is 3.29. The summed E-state index contributed by atoms with van der Waals surface area (Å²) in [7, 11) is 0. The predicted octanol–water partition coefficient (Wildman–Crippen LogP) is 4.53. The minimum absolute atomic E-state index is 0.197. The molecule has 0 bridgehead atoms. The molecule has 1 amide bonds. The largest absolute Gasteiger partial charge is 0.337 e. The number of amides is 1. The van der Waals surface area contributed by atoms with E-state index in [4.69, 9.17) is 0 Å². The van der Waals surface area contributed by atoms with Crippen LogP contribution in [0.5, 0.6) is 0 Å². The van der Waals surface area contributed by atoms with Gasteiger partial charge in [0.2, 0.25) is 0 Å². The molecule has 0 N–H and O–H groups in total. The van der Waals surface area contributed by atoms with Gasteiger partial charge in [-0.3, -0.25) is 4.79 Å². The molecule has 0 saturated carbocycles. The maximum Gasteiger partial charge on any atom is 0.264 e. The lowest BCUT2D eigenvalue weighted by Gasteiger charge is -2.35. The third kappa shape index (κ3) is 3.03. The molecule has 2 aromatic rings. The highest BCUT2D eigenvalue weighted by molar-refractivity contribution is 7.12. The quantitative estimate of drug-likeness (QED) is 0.797. The summed E-state index contributed by atoms with van der Waals surface area (Å²) >= 11 is 1.56. The Morgan fingerprint density at radius 2 is 1.76 bits per heavy atom. The Morgan fingerprint density at radius 1 is 1.10 bits per heavy atom. The summed E-state index contributed by atoms with van der Waals surface area (Å²) in [6.45, 7) is 6.25. The molecule has 2 atom stereocenters. The smallest absolute Gasteiger partial charge is 0.264 e. The second-order valence-electron chi connectivity index (χ2n) is 6.19. The number of hydrogen-bond donors (Lipinski definition) is 0. The first-order valence-corrected chi connectivity index (χ1v) is 8.45. The van der Waals surface area contributed by atoms with Crippen LogP contribution in [-0.4, -0.2) is 23.9 Å². The Morgan fingerprint density at radius 3 is 2.43 bits per heavy atom. The Balaban J connectivity index is 1.88. The van der Waals surface area contributed by atoms with Crippen LogP contribution in [0.15, 0.2) is 41.8 Å². The number of carbonyl (C=O) groups excluding carboxylic acids is 1. The van der Waals surface area contributed by atoms with Crippen LogP contribution in [-0.2, 0) is 0 Å². The van der Waals surface area contributed by atoms with Crippen molar-refractivity contribution in [2.75, 3.05) is 13.1 Å². The van der Waals surface area contributed by atoms with Gasteiger partial charge in [0.25, 0.3) is 5.91 Å². The van der Waals surface area contributed by atoms with Crippen LogP contribution in [0, 0.1) is 11.8 Å². The van der Waals surface area contributed by atoms with Gasteiger partial charge in [-0.25, -0.2) is 0 Å². The van der Waals surface area contributed by atoms with E-state index in [1.54, 1.807) is 11.3 Å². The molecule has 1 saturated heterocycles. The zero-order chi connectivity index (χ0) is 14.8. The van der Waals surface area contributed by atoms with E-state index in [0.717, 1.165) is 29.1 Å². The molecule has 0 spiro atoms. The lowest BCUT2D eigenvalue weighted by Crippen LogP contribution is -2.42. The molecular weight excluding hydrogens is 278 g/mol. The van der Waals surface area contributed by atoms with Crippen molar-refractivity contribution < 1.29 is 4.79 Å². The molecule has 1 aliphatic rings. The molecule has 0 radical (unpaired) electrons. The van der Waals surface area contributed by atoms with Gasteiger partial charge < -0.3 is 4.90 Å². The molecule has 21 heavy (non-hydrogen) atoms. The molecule has 1 aliphatic heterocycles. The first-order chi connectivity index (χ1) is 10.1. The Bertz CT molecular complexity index is 609. The van der Waals surface area contributed by atoms with Gasteiger partial charge in [-0.2, -0.15) is 0 Å². The first-order valence-electron chi connectivity index (χ1n) is 7.57. The molecular formula is C18H21NOS. The number of hydrogen-bond acceptors (Lipinski definition) is 2. The van der Waals surface area contributed by atoms with Gasteiger partial charge in [0, 0.05) is 18.7 Å². The van der Waals surface area contributed by atoms with E-state index in [1.165, 1.54) is 6.42 Å². The Labute approximate surface area is 130 Å². The van der Waals surface area contributed by atoms with Crippen molar-refractivity contribution in [2.24, 2.45) is 11.8 Å². The zero-order valence-electron chi connectivity index (χ0n) is 12.6. The van der Waals surface area contributed by atoms with E-state index in [1.807, 2.05) is 28.5 Å². The number of likely N-dealkylation sites (tertiary alicyclic amines) is 1. The third-order valence-corrected chi connectivity index (χ3v) is 5.00. The number of carbonyl (C=O) groups is 1. The van der Waals surface area contributed by atoms with Crippen molar-refractivity contribution in [2.45, 2.75) is 20.3 Å². The SMILES string of the molecule is C[C@@H]1C[C@H](C)CN(C(=O)c2sccc2-c2ccccc2)C1. The topological polar surface area (TPSA) is 20.3 Å². The number of rotatable bonds is 2. The summed E-state index contributed by atoms with van der Waals surface area (Å²) in [5.74, 6) is 1.39. The monoisotopic (exact) mass is 299 g/mol. The van der Waals surface area contributed by atoms with Gasteiger partial charge >= 0.3 is 0 Å². The van der Waals surface area contributed by atoms with E-state index in [2.05, 4.69) is 32.0 Å². The predicted molar refractivity (Wildman–Crippen MR) is 88.6 cm³/mol. The Hall–Kier alpha value is -1.61. The maximum absolute atomic E-state index is 12.9. The van der Waals surface area contributed by atoms with Gasteiger partial charge in [-0.15, -0.1) is 11.3 Å². The highest BCUT2D eigenvalue weighted by Gasteiger charge is 2.28.